The van der Waals surface area contributed by atoms with Crippen LogP contribution < -0.4 is 5.19 Å². The Bertz CT molecular complexity index is 297. The molecule has 0 unspecified atom stereocenters. The normalized spacial score (nSPS) is 12.2. The van der Waals surface area contributed by atoms with Gasteiger partial charge in [0.25, 0.3) is 0 Å². The third-order valence-corrected chi connectivity index (χ3v) is 8.51. The minimum absolute atomic E-state index is 0.300. The largest absolute Gasteiger partial charge is 0.118 e. The average Bonchev–Trinajstić information content (AvgIpc) is 2.04. The smallest absolute Gasteiger partial charge is 0.109 e. The molecule has 0 aliphatic carbocycles. The Labute approximate surface area is 94.8 Å². The van der Waals surface area contributed by atoms with E-state index in [0.29, 0.717) is 0 Å². The molecule has 0 aliphatic rings. The van der Waals surface area contributed by atoms with Crippen molar-refractivity contribution in [1.82, 2.24) is 0 Å². The second-order valence-corrected chi connectivity index (χ2v) is 10.4. The summed E-state index contributed by atoms with van der Waals surface area (Å²) in [5.41, 5.74) is 0. The summed E-state index contributed by atoms with van der Waals surface area (Å²) < 4.78 is -0.300. The van der Waals surface area contributed by atoms with Crippen LogP contribution in [-0.4, -0.2) is 12.5 Å². The zero-order valence-corrected chi connectivity index (χ0v) is 10.8. The Hall–Kier alpha value is 0.307. The first-order valence-corrected chi connectivity index (χ1v) is 8.31. The predicted molar refractivity (Wildman–Crippen MR) is 64.1 cm³/mol. The van der Waals surface area contributed by atoms with Crippen LogP contribution in [-0.2, 0) is 0 Å². The minimum atomic E-state index is -1.74. The molecule has 0 saturated carbocycles. The maximum absolute atomic E-state index is 5.94. The maximum Gasteiger partial charge on any atom is 0.118 e. The van der Waals surface area contributed by atoms with Gasteiger partial charge in [-0.05, 0) is 12.1 Å². The molecule has 0 bridgehead atoms. The molecule has 0 aromatic heterocycles. The van der Waals surface area contributed by atoms with Gasteiger partial charge >= 0.3 is 0 Å². The number of rotatable bonds is 2. The maximum atomic E-state index is 5.94. The molecule has 0 nitrogen and oxygen atoms in total. The lowest BCUT2D eigenvalue weighted by molar-refractivity contribution is 1.60. The van der Waals surface area contributed by atoms with Gasteiger partial charge in [-0.15, -0.1) is 23.2 Å². The highest BCUT2D eigenvalue weighted by Crippen LogP contribution is 2.19. The van der Waals surface area contributed by atoms with Gasteiger partial charge < -0.3 is 0 Å². The minimum Gasteiger partial charge on any atom is -0.109 e. The van der Waals surface area contributed by atoms with Gasteiger partial charge in [-0.2, -0.15) is 0 Å². The van der Waals surface area contributed by atoms with Crippen LogP contribution in [0.15, 0.2) is 24.3 Å². The van der Waals surface area contributed by atoms with E-state index >= 15 is 0 Å². The van der Waals surface area contributed by atoms with Crippen molar-refractivity contribution >= 4 is 48.1 Å². The second-order valence-electron chi connectivity index (χ2n) is 3.53. The van der Waals surface area contributed by atoms with E-state index in [0.717, 1.165) is 5.02 Å². The number of hydrogen-bond donors (Lipinski definition) is 0. The van der Waals surface area contributed by atoms with Gasteiger partial charge in [-0.25, -0.2) is 0 Å². The van der Waals surface area contributed by atoms with E-state index in [4.69, 9.17) is 34.8 Å². The van der Waals surface area contributed by atoms with E-state index in [9.17, 15) is 0 Å². The van der Waals surface area contributed by atoms with E-state index in [1.165, 1.54) is 5.19 Å². The summed E-state index contributed by atoms with van der Waals surface area (Å²) in [4.78, 5) is 0. The molecular formula is C9H11Cl3Si. The molecule has 0 fully saturated rings. The summed E-state index contributed by atoms with van der Waals surface area (Å²) >= 11 is 17.8. The van der Waals surface area contributed by atoms with Gasteiger partial charge in [0, 0.05) is 5.02 Å². The fourth-order valence-corrected chi connectivity index (χ4v) is 3.36. The van der Waals surface area contributed by atoms with Crippen LogP contribution in [0.25, 0.3) is 0 Å². The summed E-state index contributed by atoms with van der Waals surface area (Å²) in [6.07, 6.45) is 0. The molecule has 0 heterocycles. The van der Waals surface area contributed by atoms with Crippen molar-refractivity contribution in [1.29, 1.82) is 0 Å². The molecule has 1 rings (SSSR count). The van der Waals surface area contributed by atoms with Gasteiger partial charge in [0.1, 0.15) is 12.5 Å². The Balaban J connectivity index is 3.07. The van der Waals surface area contributed by atoms with E-state index < -0.39 is 8.07 Å². The third-order valence-electron chi connectivity index (χ3n) is 2.11. The second kappa shape index (κ2) is 4.22. The molecule has 1 aromatic rings. The molecule has 13 heavy (non-hydrogen) atoms. The Morgan fingerprint density at radius 1 is 1.23 bits per heavy atom. The lowest BCUT2D eigenvalue weighted by Gasteiger charge is -2.23. The SMILES string of the molecule is C[Si](C)(c1cccc(Cl)c1)C(Cl)Cl. The molecule has 4 heteroatoms. The Morgan fingerprint density at radius 2 is 1.85 bits per heavy atom. The van der Waals surface area contributed by atoms with Crippen LogP contribution in [0.1, 0.15) is 0 Å². The summed E-state index contributed by atoms with van der Waals surface area (Å²) in [7, 11) is -1.74. The van der Waals surface area contributed by atoms with Gasteiger partial charge in [-0.3, -0.25) is 0 Å². The first-order chi connectivity index (χ1) is 5.94. The highest BCUT2D eigenvalue weighted by molar-refractivity contribution is 7.01. The Morgan fingerprint density at radius 3 is 2.31 bits per heavy atom. The van der Waals surface area contributed by atoms with Crippen molar-refractivity contribution in [2.24, 2.45) is 0 Å². The predicted octanol–water partition coefficient (Wildman–Crippen LogP) is 3.60. The first-order valence-electron chi connectivity index (χ1n) is 3.99. The van der Waals surface area contributed by atoms with Crippen molar-refractivity contribution < 1.29 is 0 Å². The molecule has 0 radical (unpaired) electrons. The van der Waals surface area contributed by atoms with E-state index in [1.54, 1.807) is 0 Å². The van der Waals surface area contributed by atoms with Gasteiger partial charge in [0.2, 0.25) is 0 Å². The van der Waals surface area contributed by atoms with E-state index in [1.807, 2.05) is 24.3 Å². The monoisotopic (exact) mass is 252 g/mol. The highest BCUT2D eigenvalue weighted by Gasteiger charge is 2.31. The van der Waals surface area contributed by atoms with Crippen LogP contribution >= 0.6 is 34.8 Å². The summed E-state index contributed by atoms with van der Waals surface area (Å²) in [6, 6.07) is 7.77. The van der Waals surface area contributed by atoms with Crippen LogP contribution in [0.3, 0.4) is 0 Å². The fourth-order valence-electron chi connectivity index (χ4n) is 1.02. The molecule has 72 valence electrons. The molecule has 0 aliphatic heterocycles. The molecule has 1 aromatic carbocycles. The number of halogens is 3. The molecular weight excluding hydrogens is 243 g/mol. The van der Waals surface area contributed by atoms with Crippen molar-refractivity contribution in [3.05, 3.63) is 29.3 Å². The Kier molecular flexibility index (Phi) is 3.70. The van der Waals surface area contributed by atoms with Crippen LogP contribution in [0.2, 0.25) is 18.1 Å². The lowest BCUT2D eigenvalue weighted by Crippen LogP contribution is -2.47. The van der Waals surface area contributed by atoms with Crippen molar-refractivity contribution in [2.45, 2.75) is 17.6 Å². The lowest BCUT2D eigenvalue weighted by atomic mass is 10.4. The molecule has 0 amide bonds. The number of hydrogen-bond acceptors (Lipinski definition) is 0. The zero-order chi connectivity index (χ0) is 10.1. The summed E-state index contributed by atoms with van der Waals surface area (Å²) in [5.74, 6) is 0. The average molecular weight is 254 g/mol. The van der Waals surface area contributed by atoms with Crippen LogP contribution in [0.5, 0.6) is 0 Å². The molecule has 0 saturated heterocycles. The highest BCUT2D eigenvalue weighted by atomic mass is 35.5. The number of alkyl halides is 2. The van der Waals surface area contributed by atoms with Gasteiger partial charge in [0.15, 0.2) is 0 Å². The zero-order valence-electron chi connectivity index (χ0n) is 7.52. The molecule has 0 N–H and O–H groups in total. The number of benzene rings is 1. The fraction of sp³-hybridized carbons (Fsp3) is 0.333. The summed E-state index contributed by atoms with van der Waals surface area (Å²) in [6.45, 7) is 4.26. The van der Waals surface area contributed by atoms with Crippen LogP contribution in [0, 0.1) is 0 Å². The third kappa shape index (κ3) is 2.63. The van der Waals surface area contributed by atoms with Crippen LogP contribution in [0.4, 0.5) is 0 Å². The van der Waals surface area contributed by atoms with Gasteiger partial charge in [-0.1, -0.05) is 42.0 Å². The standard InChI is InChI=1S/C9H11Cl3Si/c1-13(2,9(11)12)8-5-3-4-7(10)6-8/h3-6,9H,1-2H3. The summed E-state index contributed by atoms with van der Waals surface area (Å²) in [5, 5.41) is 1.93. The van der Waals surface area contributed by atoms with Crippen molar-refractivity contribution in [2.75, 3.05) is 0 Å². The quantitative estimate of drug-likeness (QED) is 0.558. The molecule has 0 spiro atoms. The first kappa shape index (κ1) is 11.4. The van der Waals surface area contributed by atoms with Gasteiger partial charge in [0.05, 0.1) is 0 Å². The van der Waals surface area contributed by atoms with E-state index in [2.05, 4.69) is 13.1 Å². The molecule has 0 atom stereocenters. The topological polar surface area (TPSA) is 0 Å². The van der Waals surface area contributed by atoms with E-state index in [-0.39, 0.29) is 4.46 Å². The van der Waals surface area contributed by atoms with Crippen molar-refractivity contribution in [3.8, 4) is 0 Å². The van der Waals surface area contributed by atoms with Crippen molar-refractivity contribution in [3.63, 3.8) is 0 Å².